The summed E-state index contributed by atoms with van der Waals surface area (Å²) >= 11 is 0. The Balaban J connectivity index is 3.49. The van der Waals surface area contributed by atoms with Crippen molar-refractivity contribution in [2.24, 2.45) is 0 Å². The van der Waals surface area contributed by atoms with Gasteiger partial charge in [-0.25, -0.2) is 4.79 Å². The minimum absolute atomic E-state index is 0.0211. The fourth-order valence-corrected chi connectivity index (χ4v) is 1.23. The maximum atomic E-state index is 10.8. The predicted molar refractivity (Wildman–Crippen MR) is 49.2 cm³/mol. The number of aromatic hydroxyl groups is 1. The molecule has 0 radical (unpaired) electrons. The molecule has 0 fully saturated rings. The monoisotopic (exact) mass is 191 g/mol. The molecule has 0 aliphatic carbocycles. The van der Waals surface area contributed by atoms with Gasteiger partial charge in [0.05, 0.1) is 5.56 Å². The largest absolute Gasteiger partial charge is 0.507 e. The second kappa shape index (κ2) is 3.79. The smallest absolute Gasteiger partial charge is 0.340 e. The fourth-order valence-electron chi connectivity index (χ4n) is 1.23. The number of carbonyl (C=O) groups is 1. The number of rotatable bonds is 2. The van der Waals surface area contributed by atoms with Crippen molar-refractivity contribution in [1.82, 2.24) is 0 Å². The molecule has 0 spiro atoms. The Morgan fingerprint density at radius 1 is 1.57 bits per heavy atom. The standard InChI is InChI=1S/C10H9NO3/c1-2-6-3-4-7(5-11)8(9(6)12)10(13)14/h3-4,12H,2H2,1H3,(H,13,14). The minimum atomic E-state index is -1.28. The maximum Gasteiger partial charge on any atom is 0.340 e. The number of benzene rings is 1. The molecule has 14 heavy (non-hydrogen) atoms. The molecule has 0 unspecified atom stereocenters. The summed E-state index contributed by atoms with van der Waals surface area (Å²) in [5, 5.41) is 27.0. The quantitative estimate of drug-likeness (QED) is 0.742. The number of aryl methyl sites for hydroxylation is 1. The number of hydrogen-bond donors (Lipinski definition) is 2. The summed E-state index contributed by atoms with van der Waals surface area (Å²) in [7, 11) is 0. The van der Waals surface area contributed by atoms with Gasteiger partial charge in [0, 0.05) is 0 Å². The summed E-state index contributed by atoms with van der Waals surface area (Å²) in [5.74, 6) is -1.59. The topological polar surface area (TPSA) is 81.3 Å². The fraction of sp³-hybridized carbons (Fsp3) is 0.200. The normalized spacial score (nSPS) is 9.43. The molecule has 4 nitrogen and oxygen atoms in total. The van der Waals surface area contributed by atoms with Gasteiger partial charge in [-0.3, -0.25) is 0 Å². The van der Waals surface area contributed by atoms with Crippen LogP contribution in [0.4, 0.5) is 0 Å². The highest BCUT2D eigenvalue weighted by Gasteiger charge is 2.17. The third-order valence-corrected chi connectivity index (χ3v) is 1.98. The van der Waals surface area contributed by atoms with Gasteiger partial charge in [-0.05, 0) is 18.1 Å². The Hall–Kier alpha value is -2.02. The van der Waals surface area contributed by atoms with Gasteiger partial charge in [-0.2, -0.15) is 5.26 Å². The van der Waals surface area contributed by atoms with Crippen molar-refractivity contribution < 1.29 is 15.0 Å². The van der Waals surface area contributed by atoms with Gasteiger partial charge in [0.25, 0.3) is 0 Å². The summed E-state index contributed by atoms with van der Waals surface area (Å²) in [5.41, 5.74) is 0.195. The van der Waals surface area contributed by atoms with E-state index in [9.17, 15) is 9.90 Å². The average molecular weight is 191 g/mol. The summed E-state index contributed by atoms with van der Waals surface area (Å²) in [6.07, 6.45) is 0.526. The second-order valence-electron chi connectivity index (χ2n) is 2.77. The number of carboxylic acid groups (broad SMARTS) is 1. The van der Waals surface area contributed by atoms with E-state index in [1.165, 1.54) is 6.07 Å². The Labute approximate surface area is 81.0 Å². The van der Waals surface area contributed by atoms with Gasteiger partial charge >= 0.3 is 5.97 Å². The van der Waals surface area contributed by atoms with Crippen LogP contribution in [0.25, 0.3) is 0 Å². The van der Waals surface area contributed by atoms with Gasteiger partial charge in [0.2, 0.25) is 0 Å². The van der Waals surface area contributed by atoms with E-state index in [0.29, 0.717) is 12.0 Å². The van der Waals surface area contributed by atoms with E-state index < -0.39 is 5.97 Å². The van der Waals surface area contributed by atoms with E-state index in [1.54, 1.807) is 19.1 Å². The van der Waals surface area contributed by atoms with Crippen molar-refractivity contribution in [2.45, 2.75) is 13.3 Å². The first-order valence-electron chi connectivity index (χ1n) is 4.10. The number of nitriles is 1. The summed E-state index contributed by atoms with van der Waals surface area (Å²) in [4.78, 5) is 10.8. The molecule has 2 N–H and O–H groups in total. The molecule has 0 heterocycles. The molecule has 0 aliphatic rings. The van der Waals surface area contributed by atoms with Gasteiger partial charge in [0.1, 0.15) is 17.4 Å². The van der Waals surface area contributed by atoms with Crippen LogP contribution in [0, 0.1) is 11.3 Å². The highest BCUT2D eigenvalue weighted by molar-refractivity contribution is 5.94. The van der Waals surface area contributed by atoms with Crippen molar-refractivity contribution in [3.63, 3.8) is 0 Å². The molecule has 0 aromatic heterocycles. The molecular weight excluding hydrogens is 182 g/mol. The number of nitrogens with zero attached hydrogens (tertiary/aromatic N) is 1. The van der Waals surface area contributed by atoms with Crippen LogP contribution in [-0.2, 0) is 6.42 Å². The van der Waals surface area contributed by atoms with Crippen LogP contribution in [0.2, 0.25) is 0 Å². The van der Waals surface area contributed by atoms with E-state index >= 15 is 0 Å². The lowest BCUT2D eigenvalue weighted by atomic mass is 10.0. The summed E-state index contributed by atoms with van der Waals surface area (Å²) in [6, 6.07) is 4.69. The Morgan fingerprint density at radius 2 is 2.21 bits per heavy atom. The molecule has 1 rings (SSSR count). The molecular formula is C10H9NO3. The van der Waals surface area contributed by atoms with Crippen LogP contribution < -0.4 is 0 Å². The molecule has 72 valence electrons. The van der Waals surface area contributed by atoms with E-state index in [4.69, 9.17) is 10.4 Å². The molecule has 0 atom stereocenters. The maximum absolute atomic E-state index is 10.8. The number of hydrogen-bond acceptors (Lipinski definition) is 3. The first-order valence-corrected chi connectivity index (χ1v) is 4.10. The van der Waals surface area contributed by atoms with E-state index in [0.717, 1.165) is 0 Å². The van der Waals surface area contributed by atoms with Gasteiger partial charge in [-0.1, -0.05) is 13.0 Å². The van der Waals surface area contributed by atoms with E-state index in [1.807, 2.05) is 0 Å². The third kappa shape index (κ3) is 1.52. The van der Waals surface area contributed by atoms with Crippen molar-refractivity contribution in [2.75, 3.05) is 0 Å². The lowest BCUT2D eigenvalue weighted by molar-refractivity contribution is 0.0693. The molecule has 0 bridgehead atoms. The summed E-state index contributed by atoms with van der Waals surface area (Å²) in [6.45, 7) is 1.80. The van der Waals surface area contributed by atoms with Crippen LogP contribution in [0.15, 0.2) is 12.1 Å². The summed E-state index contributed by atoms with van der Waals surface area (Å²) < 4.78 is 0. The highest BCUT2D eigenvalue weighted by Crippen LogP contribution is 2.26. The zero-order valence-corrected chi connectivity index (χ0v) is 7.61. The molecule has 1 aromatic rings. The van der Waals surface area contributed by atoms with Crippen molar-refractivity contribution in [3.8, 4) is 11.8 Å². The van der Waals surface area contributed by atoms with Crippen LogP contribution in [-0.4, -0.2) is 16.2 Å². The van der Waals surface area contributed by atoms with Gasteiger partial charge < -0.3 is 10.2 Å². The third-order valence-electron chi connectivity index (χ3n) is 1.98. The van der Waals surface area contributed by atoms with Crippen molar-refractivity contribution >= 4 is 5.97 Å². The second-order valence-corrected chi connectivity index (χ2v) is 2.77. The van der Waals surface area contributed by atoms with Crippen LogP contribution in [0.3, 0.4) is 0 Å². The molecule has 1 aromatic carbocycles. The van der Waals surface area contributed by atoms with Crippen LogP contribution in [0.1, 0.15) is 28.4 Å². The zero-order chi connectivity index (χ0) is 10.7. The Bertz CT molecular complexity index is 418. The molecule has 0 saturated carbocycles. The van der Waals surface area contributed by atoms with Crippen LogP contribution >= 0.6 is 0 Å². The zero-order valence-electron chi connectivity index (χ0n) is 7.61. The number of carboxylic acids is 1. The van der Waals surface area contributed by atoms with Crippen LogP contribution in [0.5, 0.6) is 5.75 Å². The number of aromatic carboxylic acids is 1. The Morgan fingerprint density at radius 3 is 2.64 bits per heavy atom. The number of phenols is 1. The van der Waals surface area contributed by atoms with Gasteiger partial charge in [0.15, 0.2) is 0 Å². The molecule has 0 aliphatic heterocycles. The van der Waals surface area contributed by atoms with Gasteiger partial charge in [-0.15, -0.1) is 0 Å². The lowest BCUT2D eigenvalue weighted by Gasteiger charge is -2.06. The SMILES string of the molecule is CCc1ccc(C#N)c(C(=O)O)c1O. The average Bonchev–Trinajstić information content (AvgIpc) is 2.16. The van der Waals surface area contributed by atoms with Crippen molar-refractivity contribution in [1.29, 1.82) is 5.26 Å². The minimum Gasteiger partial charge on any atom is -0.507 e. The first kappa shape index (κ1) is 10.1. The molecule has 0 amide bonds. The predicted octanol–water partition coefficient (Wildman–Crippen LogP) is 1.52. The Kier molecular flexibility index (Phi) is 2.73. The lowest BCUT2D eigenvalue weighted by Crippen LogP contribution is -2.02. The highest BCUT2D eigenvalue weighted by atomic mass is 16.4. The van der Waals surface area contributed by atoms with E-state index in [2.05, 4.69) is 0 Å². The van der Waals surface area contributed by atoms with E-state index in [-0.39, 0.29) is 16.9 Å². The first-order chi connectivity index (χ1) is 6.61. The molecule has 4 heteroatoms. The molecule has 0 saturated heterocycles. The van der Waals surface area contributed by atoms with Crippen molar-refractivity contribution in [3.05, 3.63) is 28.8 Å².